The van der Waals surface area contributed by atoms with Crippen LogP contribution in [-0.2, 0) is 0 Å². The molecule has 2 rings (SSSR count). The normalized spacial score (nSPS) is 21.1. The highest BCUT2D eigenvalue weighted by atomic mass is 16.5. The highest BCUT2D eigenvalue weighted by molar-refractivity contribution is 5.50. The van der Waals surface area contributed by atoms with E-state index in [-0.39, 0.29) is 6.04 Å². The number of hydrogen-bond donors (Lipinski definition) is 2. The van der Waals surface area contributed by atoms with Crippen LogP contribution in [0.15, 0.2) is 6.07 Å². The van der Waals surface area contributed by atoms with Gasteiger partial charge in [-0.2, -0.15) is 0 Å². The summed E-state index contributed by atoms with van der Waals surface area (Å²) < 4.78 is 5.46. The first-order valence-electron chi connectivity index (χ1n) is 6.67. The minimum Gasteiger partial charge on any atom is -0.496 e. The van der Waals surface area contributed by atoms with Gasteiger partial charge in [0.2, 0.25) is 0 Å². The molecule has 1 aromatic carbocycles. The number of ether oxygens (including phenoxy) is 1. The van der Waals surface area contributed by atoms with Crippen LogP contribution in [0.5, 0.6) is 5.75 Å². The molecule has 1 aromatic rings. The van der Waals surface area contributed by atoms with E-state index < -0.39 is 0 Å². The Morgan fingerprint density at radius 1 is 1.33 bits per heavy atom. The maximum atomic E-state index is 6.45. The summed E-state index contributed by atoms with van der Waals surface area (Å²) in [5, 5.41) is 3.39. The number of aryl methyl sites for hydroxylation is 1. The van der Waals surface area contributed by atoms with Crippen LogP contribution >= 0.6 is 0 Å². The summed E-state index contributed by atoms with van der Waals surface area (Å²) >= 11 is 0. The first-order valence-corrected chi connectivity index (χ1v) is 6.67. The van der Waals surface area contributed by atoms with Crippen molar-refractivity contribution in [2.45, 2.75) is 33.2 Å². The molecule has 0 amide bonds. The molecule has 1 saturated heterocycles. The molecule has 1 aliphatic rings. The SMILES string of the molecule is COc1c(C)cc(C(N)C2CCNC2)c(C)c1C. The molecular formula is C15H24N2O. The Labute approximate surface area is 110 Å². The summed E-state index contributed by atoms with van der Waals surface area (Å²) in [4.78, 5) is 0. The van der Waals surface area contributed by atoms with Crippen molar-refractivity contribution in [3.8, 4) is 5.75 Å². The fraction of sp³-hybridized carbons (Fsp3) is 0.600. The fourth-order valence-corrected chi connectivity index (χ4v) is 2.99. The van der Waals surface area contributed by atoms with Gasteiger partial charge in [-0.15, -0.1) is 0 Å². The first kappa shape index (κ1) is 13.4. The summed E-state index contributed by atoms with van der Waals surface area (Å²) in [5.41, 5.74) is 11.4. The number of nitrogens with two attached hydrogens (primary N) is 1. The van der Waals surface area contributed by atoms with E-state index in [9.17, 15) is 0 Å². The highest BCUT2D eigenvalue weighted by Gasteiger charge is 2.25. The minimum absolute atomic E-state index is 0.128. The molecule has 0 bridgehead atoms. The van der Waals surface area contributed by atoms with Crippen LogP contribution in [0, 0.1) is 26.7 Å². The second-order valence-electron chi connectivity index (χ2n) is 5.34. The molecule has 0 saturated carbocycles. The van der Waals surface area contributed by atoms with Crippen molar-refractivity contribution in [1.29, 1.82) is 0 Å². The van der Waals surface area contributed by atoms with Crippen molar-refractivity contribution in [2.75, 3.05) is 20.2 Å². The highest BCUT2D eigenvalue weighted by Crippen LogP contribution is 2.34. The van der Waals surface area contributed by atoms with E-state index >= 15 is 0 Å². The Morgan fingerprint density at radius 3 is 2.61 bits per heavy atom. The van der Waals surface area contributed by atoms with Crippen LogP contribution < -0.4 is 15.8 Å². The Hall–Kier alpha value is -1.06. The van der Waals surface area contributed by atoms with Crippen LogP contribution in [0.4, 0.5) is 0 Å². The molecule has 3 N–H and O–H groups in total. The Bertz CT molecular complexity index is 437. The van der Waals surface area contributed by atoms with Gasteiger partial charge in [-0.25, -0.2) is 0 Å². The summed E-state index contributed by atoms with van der Waals surface area (Å²) in [6, 6.07) is 2.33. The van der Waals surface area contributed by atoms with Crippen LogP contribution in [0.25, 0.3) is 0 Å². The number of methoxy groups -OCH3 is 1. The lowest BCUT2D eigenvalue weighted by molar-refractivity contribution is 0.406. The lowest BCUT2D eigenvalue weighted by Gasteiger charge is -2.24. The van der Waals surface area contributed by atoms with Gasteiger partial charge in [-0.05, 0) is 68.5 Å². The molecule has 0 aliphatic carbocycles. The van der Waals surface area contributed by atoms with Gasteiger partial charge in [-0.1, -0.05) is 6.07 Å². The van der Waals surface area contributed by atoms with Gasteiger partial charge in [0.15, 0.2) is 0 Å². The van der Waals surface area contributed by atoms with Gasteiger partial charge in [0.05, 0.1) is 7.11 Å². The summed E-state index contributed by atoms with van der Waals surface area (Å²) in [5.74, 6) is 1.55. The fourth-order valence-electron chi connectivity index (χ4n) is 2.99. The molecule has 2 atom stereocenters. The standard InChI is InChI=1S/C15H24N2O/c1-9-7-13(10(2)11(3)15(9)18-4)14(16)12-5-6-17-8-12/h7,12,14,17H,5-6,8,16H2,1-4H3. The average molecular weight is 248 g/mol. The second kappa shape index (κ2) is 5.29. The zero-order chi connectivity index (χ0) is 13.3. The van der Waals surface area contributed by atoms with Crippen molar-refractivity contribution >= 4 is 0 Å². The Balaban J connectivity index is 2.38. The molecule has 3 heteroatoms. The number of rotatable bonds is 3. The van der Waals surface area contributed by atoms with Crippen molar-refractivity contribution in [3.63, 3.8) is 0 Å². The monoisotopic (exact) mass is 248 g/mol. The van der Waals surface area contributed by atoms with Crippen LogP contribution in [0.1, 0.15) is 34.7 Å². The third kappa shape index (κ3) is 2.25. The van der Waals surface area contributed by atoms with Gasteiger partial charge in [0, 0.05) is 6.04 Å². The van der Waals surface area contributed by atoms with Gasteiger partial charge in [0.25, 0.3) is 0 Å². The van der Waals surface area contributed by atoms with E-state index in [1.165, 1.54) is 28.7 Å². The van der Waals surface area contributed by atoms with Crippen molar-refractivity contribution in [2.24, 2.45) is 11.7 Å². The van der Waals surface area contributed by atoms with Gasteiger partial charge >= 0.3 is 0 Å². The third-order valence-corrected chi connectivity index (χ3v) is 4.24. The summed E-state index contributed by atoms with van der Waals surface area (Å²) in [6.45, 7) is 8.48. The number of hydrogen-bond acceptors (Lipinski definition) is 3. The molecule has 100 valence electrons. The molecule has 0 spiro atoms. The molecule has 0 aromatic heterocycles. The van der Waals surface area contributed by atoms with E-state index in [0.29, 0.717) is 5.92 Å². The maximum absolute atomic E-state index is 6.45. The van der Waals surface area contributed by atoms with E-state index in [0.717, 1.165) is 18.8 Å². The molecule has 1 heterocycles. The predicted molar refractivity (Wildman–Crippen MR) is 75.1 cm³/mol. The van der Waals surface area contributed by atoms with Crippen molar-refractivity contribution < 1.29 is 4.74 Å². The Kier molecular flexibility index (Phi) is 3.93. The molecule has 18 heavy (non-hydrogen) atoms. The number of benzene rings is 1. The molecule has 3 nitrogen and oxygen atoms in total. The largest absolute Gasteiger partial charge is 0.496 e. The number of nitrogens with one attached hydrogen (secondary N) is 1. The van der Waals surface area contributed by atoms with E-state index in [2.05, 4.69) is 32.2 Å². The average Bonchev–Trinajstić information content (AvgIpc) is 2.87. The topological polar surface area (TPSA) is 47.3 Å². The van der Waals surface area contributed by atoms with Crippen LogP contribution in [-0.4, -0.2) is 20.2 Å². The lowest BCUT2D eigenvalue weighted by atomic mass is 9.87. The Morgan fingerprint density at radius 2 is 2.06 bits per heavy atom. The summed E-state index contributed by atoms with van der Waals surface area (Å²) in [7, 11) is 1.73. The van der Waals surface area contributed by atoms with E-state index in [1.807, 2.05) is 0 Å². The zero-order valence-electron chi connectivity index (χ0n) is 11.8. The predicted octanol–water partition coefficient (Wildman–Crippen LogP) is 2.23. The van der Waals surface area contributed by atoms with Gasteiger partial charge in [-0.3, -0.25) is 0 Å². The van der Waals surface area contributed by atoms with Crippen LogP contribution in [0.3, 0.4) is 0 Å². The molecule has 0 radical (unpaired) electrons. The minimum atomic E-state index is 0.128. The van der Waals surface area contributed by atoms with Crippen LogP contribution in [0.2, 0.25) is 0 Å². The first-order chi connectivity index (χ1) is 8.56. The van der Waals surface area contributed by atoms with Gasteiger partial charge in [0.1, 0.15) is 5.75 Å². The van der Waals surface area contributed by atoms with Crippen molar-refractivity contribution in [3.05, 3.63) is 28.3 Å². The quantitative estimate of drug-likeness (QED) is 0.862. The second-order valence-corrected chi connectivity index (χ2v) is 5.34. The molecule has 1 aliphatic heterocycles. The molecule has 2 unspecified atom stereocenters. The summed E-state index contributed by atoms with van der Waals surface area (Å²) in [6.07, 6.45) is 1.17. The smallest absolute Gasteiger partial charge is 0.124 e. The molecular weight excluding hydrogens is 224 g/mol. The van der Waals surface area contributed by atoms with E-state index in [1.54, 1.807) is 7.11 Å². The lowest BCUT2D eigenvalue weighted by Crippen LogP contribution is -2.24. The maximum Gasteiger partial charge on any atom is 0.124 e. The van der Waals surface area contributed by atoms with Crippen molar-refractivity contribution in [1.82, 2.24) is 5.32 Å². The molecule has 1 fully saturated rings. The zero-order valence-corrected chi connectivity index (χ0v) is 11.8. The van der Waals surface area contributed by atoms with Gasteiger partial charge < -0.3 is 15.8 Å². The van der Waals surface area contributed by atoms with E-state index in [4.69, 9.17) is 10.5 Å². The third-order valence-electron chi connectivity index (χ3n) is 4.24.